The van der Waals surface area contributed by atoms with Gasteiger partial charge >= 0.3 is 24.0 Å². The Labute approximate surface area is 250 Å². The molecule has 21 heteroatoms. The smallest absolute Gasteiger partial charge is 0.408 e. The number of aliphatic hydroxyl groups is 1. The highest BCUT2D eigenvalue weighted by molar-refractivity contribution is 5.70. The summed E-state index contributed by atoms with van der Waals surface area (Å²) in [6.45, 7) is 7.43. The van der Waals surface area contributed by atoms with Crippen LogP contribution in [0.15, 0.2) is 15.3 Å². The van der Waals surface area contributed by atoms with E-state index in [-0.39, 0.29) is 6.42 Å². The summed E-state index contributed by atoms with van der Waals surface area (Å²) in [5, 5.41) is 24.4. The van der Waals surface area contributed by atoms with Crippen LogP contribution in [0.3, 0.4) is 0 Å². The van der Waals surface area contributed by atoms with Crippen LogP contribution in [-0.2, 0) is 42.8 Å². The van der Waals surface area contributed by atoms with Gasteiger partial charge in [0.2, 0.25) is 0 Å². The number of carbonyl (C=O) groups is 4. The van der Waals surface area contributed by atoms with Gasteiger partial charge < -0.3 is 38.8 Å². The summed E-state index contributed by atoms with van der Waals surface area (Å²) in [4.78, 5) is 57.1. The predicted molar refractivity (Wildman–Crippen MR) is 144 cm³/mol. The molecule has 0 aromatic heterocycles. The summed E-state index contributed by atoms with van der Waals surface area (Å²) >= 11 is 0. The topological polar surface area (TPSA) is 302 Å². The van der Waals surface area contributed by atoms with Crippen LogP contribution in [0.2, 0.25) is 0 Å². The van der Waals surface area contributed by atoms with Crippen molar-refractivity contribution in [3.05, 3.63) is 31.3 Å². The molecule has 44 heavy (non-hydrogen) atoms. The normalized spacial score (nSPS) is 31.4. The lowest BCUT2D eigenvalue weighted by Gasteiger charge is -2.48. The first-order valence-corrected chi connectivity index (χ1v) is 13.2. The van der Waals surface area contributed by atoms with E-state index in [1.807, 2.05) is 0 Å². The SMILES string of the molecule is CC(=O)O[C@@H]1[C@@H](NC(=O)OC(C)(C)C)[C@@H](O[C@H]2[C@H](O)[C@@H](OC(C)=O)[C@H](N=[N+]=[N-])C[C@@H]2N=[N+]=[N-])O[C@H](CN=[N+]=[N-])[C@H]1OC(C)=O. The van der Waals surface area contributed by atoms with Crippen molar-refractivity contribution in [1.82, 2.24) is 5.32 Å². The quantitative estimate of drug-likeness (QED) is 0.116. The number of rotatable bonds is 10. The van der Waals surface area contributed by atoms with Crippen LogP contribution in [0.4, 0.5) is 4.79 Å². The lowest BCUT2D eigenvalue weighted by atomic mass is 9.84. The summed E-state index contributed by atoms with van der Waals surface area (Å²) in [5.41, 5.74) is 26.2. The second-order valence-electron chi connectivity index (χ2n) is 10.7. The summed E-state index contributed by atoms with van der Waals surface area (Å²) in [6, 6.07) is -3.95. The predicted octanol–water partition coefficient (Wildman–Crippen LogP) is 2.22. The van der Waals surface area contributed by atoms with Crippen molar-refractivity contribution in [2.24, 2.45) is 15.3 Å². The second kappa shape index (κ2) is 15.8. The van der Waals surface area contributed by atoms with Crippen LogP contribution < -0.4 is 5.32 Å². The largest absolute Gasteiger partial charge is 0.459 e. The van der Waals surface area contributed by atoms with E-state index in [2.05, 4.69) is 35.4 Å². The van der Waals surface area contributed by atoms with Gasteiger partial charge in [0.1, 0.15) is 30.0 Å². The number of ether oxygens (including phenoxy) is 6. The molecule has 2 aliphatic rings. The summed E-state index contributed by atoms with van der Waals surface area (Å²) in [5.74, 6) is -2.54. The van der Waals surface area contributed by atoms with E-state index in [1.54, 1.807) is 20.8 Å². The molecule has 10 atom stereocenters. The van der Waals surface area contributed by atoms with Gasteiger partial charge in [-0.25, -0.2) is 4.79 Å². The van der Waals surface area contributed by atoms with Gasteiger partial charge in [-0.2, -0.15) is 0 Å². The molecule has 0 aromatic carbocycles. The van der Waals surface area contributed by atoms with E-state index in [4.69, 9.17) is 39.5 Å². The third-order valence-corrected chi connectivity index (χ3v) is 6.17. The van der Waals surface area contributed by atoms with E-state index < -0.39 is 97.2 Å². The Morgan fingerprint density at radius 3 is 1.89 bits per heavy atom. The van der Waals surface area contributed by atoms with E-state index in [0.717, 1.165) is 20.8 Å². The Kier molecular flexibility index (Phi) is 12.8. The number of hydrogen-bond donors (Lipinski definition) is 2. The second-order valence-corrected chi connectivity index (χ2v) is 10.7. The zero-order valence-electron chi connectivity index (χ0n) is 24.7. The van der Waals surface area contributed by atoms with Crippen molar-refractivity contribution in [3.8, 4) is 0 Å². The Morgan fingerprint density at radius 2 is 1.39 bits per heavy atom. The van der Waals surface area contributed by atoms with Crippen LogP contribution in [0.5, 0.6) is 0 Å². The molecule has 1 aliphatic heterocycles. The minimum Gasteiger partial charge on any atom is -0.459 e. The number of aliphatic hydroxyl groups excluding tert-OH is 1. The molecule has 0 spiro atoms. The fourth-order valence-electron chi connectivity index (χ4n) is 4.73. The van der Waals surface area contributed by atoms with E-state index in [9.17, 15) is 29.8 Å². The van der Waals surface area contributed by atoms with Crippen molar-refractivity contribution in [2.75, 3.05) is 6.54 Å². The van der Waals surface area contributed by atoms with Crippen LogP contribution in [0, 0.1) is 0 Å². The molecule has 1 heterocycles. The van der Waals surface area contributed by atoms with Gasteiger partial charge in [0.05, 0.1) is 24.7 Å². The number of nitrogens with zero attached hydrogens (tertiary/aromatic N) is 9. The molecule has 0 bridgehead atoms. The first kappa shape index (κ1) is 35.7. The van der Waals surface area contributed by atoms with E-state index >= 15 is 0 Å². The number of hydrogen-bond acceptors (Lipinski definition) is 14. The van der Waals surface area contributed by atoms with Gasteiger partial charge in [0.25, 0.3) is 0 Å². The molecule has 0 aromatic rings. The molecule has 1 aliphatic carbocycles. The van der Waals surface area contributed by atoms with Crippen molar-refractivity contribution in [2.45, 2.75) is 115 Å². The summed E-state index contributed by atoms with van der Waals surface area (Å²) < 4.78 is 33.4. The minimum absolute atomic E-state index is 0.254. The van der Waals surface area contributed by atoms with E-state index in [0.29, 0.717) is 0 Å². The number of azide groups is 3. The highest BCUT2D eigenvalue weighted by atomic mass is 16.7. The van der Waals surface area contributed by atoms with Crippen molar-refractivity contribution in [3.63, 3.8) is 0 Å². The van der Waals surface area contributed by atoms with Gasteiger partial charge in [-0.3, -0.25) is 14.4 Å². The Hall–Kier alpha value is -4.51. The number of carbonyl (C=O) groups excluding carboxylic acids is 4. The summed E-state index contributed by atoms with van der Waals surface area (Å²) in [6.07, 6.45) is -12.1. The molecule has 242 valence electrons. The molecular weight excluding hydrogens is 592 g/mol. The lowest BCUT2D eigenvalue weighted by Crippen LogP contribution is -2.68. The number of alkyl carbamates (subject to hydrolysis) is 1. The van der Waals surface area contributed by atoms with Gasteiger partial charge in [-0.15, -0.1) is 0 Å². The monoisotopic (exact) mass is 626 g/mol. The zero-order chi connectivity index (χ0) is 33.2. The maximum absolute atomic E-state index is 12.9. The first-order valence-electron chi connectivity index (χ1n) is 13.2. The van der Waals surface area contributed by atoms with Gasteiger partial charge in [-0.1, -0.05) is 15.3 Å². The molecule has 0 radical (unpaired) electrons. The van der Waals surface area contributed by atoms with Crippen molar-refractivity contribution >= 4 is 24.0 Å². The highest BCUT2D eigenvalue weighted by Crippen LogP contribution is 2.34. The van der Waals surface area contributed by atoms with Crippen molar-refractivity contribution < 1.29 is 52.7 Å². The van der Waals surface area contributed by atoms with Gasteiger partial charge in [-0.05, 0) is 43.8 Å². The average molecular weight is 627 g/mol. The average Bonchev–Trinajstić information content (AvgIpc) is 2.89. The minimum atomic E-state index is -1.79. The fourth-order valence-corrected chi connectivity index (χ4v) is 4.73. The maximum atomic E-state index is 12.9. The van der Waals surface area contributed by atoms with Gasteiger partial charge in [0, 0.05) is 35.5 Å². The highest BCUT2D eigenvalue weighted by Gasteiger charge is 2.54. The van der Waals surface area contributed by atoms with E-state index in [1.165, 1.54) is 0 Å². The molecule has 21 nitrogen and oxygen atoms in total. The fraction of sp³-hybridized carbons (Fsp3) is 0.826. The third kappa shape index (κ3) is 10.0. The number of esters is 3. The lowest BCUT2D eigenvalue weighted by molar-refractivity contribution is -0.295. The summed E-state index contributed by atoms with van der Waals surface area (Å²) in [7, 11) is 0. The third-order valence-electron chi connectivity index (χ3n) is 6.17. The molecule has 1 amide bonds. The molecular formula is C23H34N10O11. The maximum Gasteiger partial charge on any atom is 0.408 e. The van der Waals surface area contributed by atoms with Crippen LogP contribution in [0.25, 0.3) is 31.3 Å². The van der Waals surface area contributed by atoms with Crippen molar-refractivity contribution in [1.29, 1.82) is 0 Å². The van der Waals surface area contributed by atoms with Crippen LogP contribution in [-0.4, -0.2) is 102 Å². The first-order chi connectivity index (χ1) is 20.6. The standard InChI is InChI=1S/C23H34N10O11/c1-9(34)39-17-12(29-32-25)7-13(30-33-26)18(16(17)37)43-21-15(28-22(38)44-23(4,5)6)20(41-11(3)36)19(40-10(2)35)14(42-21)8-27-31-24/h12-21,37H,7-8H2,1-6H3,(H,28,38)/t12-,13+,14-,15-,16-,17+,18-,19-,20-,21-/m1/s1. The Balaban J connectivity index is 2.66. The van der Waals surface area contributed by atoms with Gasteiger partial charge in [0.15, 0.2) is 18.5 Å². The Morgan fingerprint density at radius 1 is 0.864 bits per heavy atom. The molecule has 1 saturated carbocycles. The zero-order valence-corrected chi connectivity index (χ0v) is 24.7. The Bertz CT molecular complexity index is 1230. The molecule has 0 unspecified atom stereocenters. The molecule has 2 fully saturated rings. The van der Waals surface area contributed by atoms with Crippen LogP contribution >= 0.6 is 0 Å². The molecule has 2 rings (SSSR count). The van der Waals surface area contributed by atoms with Crippen LogP contribution in [0.1, 0.15) is 48.0 Å². The molecule has 2 N–H and O–H groups in total. The number of amides is 1. The molecule has 1 saturated heterocycles. The number of nitrogens with one attached hydrogen (secondary N) is 1.